The van der Waals surface area contributed by atoms with Crippen molar-refractivity contribution in [1.29, 1.82) is 0 Å². The van der Waals surface area contributed by atoms with E-state index in [9.17, 15) is 13.2 Å². The van der Waals surface area contributed by atoms with E-state index in [0.717, 1.165) is 24.1 Å². The molecule has 170 valence electrons. The summed E-state index contributed by atoms with van der Waals surface area (Å²) in [6, 6.07) is 22.5. The van der Waals surface area contributed by atoms with Crippen LogP contribution in [0.3, 0.4) is 0 Å². The maximum atomic E-state index is 14.0. The molecule has 0 unspecified atom stereocenters. The van der Waals surface area contributed by atoms with Gasteiger partial charge in [-0.05, 0) is 74.2 Å². The maximum absolute atomic E-state index is 14.0. The van der Waals surface area contributed by atoms with Crippen molar-refractivity contribution in [3.63, 3.8) is 0 Å². The topological polar surface area (TPSA) is 57.7 Å². The van der Waals surface area contributed by atoms with Gasteiger partial charge in [0.1, 0.15) is 0 Å². The fraction of sp³-hybridized carbons (Fsp3) is 0.269. The molecule has 0 aromatic heterocycles. The van der Waals surface area contributed by atoms with Crippen LogP contribution in [0.1, 0.15) is 37.8 Å². The third-order valence-corrected chi connectivity index (χ3v) is 8.49. The fourth-order valence-corrected chi connectivity index (χ4v) is 6.41. The van der Waals surface area contributed by atoms with E-state index in [1.807, 2.05) is 66.4 Å². The van der Waals surface area contributed by atoms with Crippen molar-refractivity contribution in [2.24, 2.45) is 5.92 Å². The van der Waals surface area contributed by atoms with E-state index in [2.05, 4.69) is 0 Å². The first-order chi connectivity index (χ1) is 15.9. The summed E-state index contributed by atoms with van der Waals surface area (Å²) in [5, 5.41) is 0.478. The molecule has 0 radical (unpaired) electrons. The van der Waals surface area contributed by atoms with Crippen molar-refractivity contribution >= 4 is 38.9 Å². The van der Waals surface area contributed by atoms with E-state index < -0.39 is 16.1 Å². The van der Waals surface area contributed by atoms with E-state index in [-0.39, 0.29) is 22.8 Å². The zero-order valence-electron chi connectivity index (χ0n) is 18.3. The summed E-state index contributed by atoms with van der Waals surface area (Å²) >= 11 is 6.02. The number of fused-ring (bicyclic) bond motifs is 1. The highest BCUT2D eigenvalue weighted by atomic mass is 35.5. The molecule has 2 aliphatic rings. The predicted molar refractivity (Wildman–Crippen MR) is 131 cm³/mol. The molecule has 1 saturated carbocycles. The van der Waals surface area contributed by atoms with Gasteiger partial charge < -0.3 is 4.90 Å². The molecule has 3 aromatic rings. The molecule has 2 atom stereocenters. The molecule has 1 aliphatic heterocycles. The Morgan fingerprint density at radius 2 is 1.58 bits per heavy atom. The number of carbonyl (C=O) groups is 1. The predicted octanol–water partition coefficient (Wildman–Crippen LogP) is 5.81. The van der Waals surface area contributed by atoms with Crippen LogP contribution in [0, 0.1) is 5.92 Å². The molecular weight excluding hydrogens is 456 g/mol. The minimum atomic E-state index is -3.91. The Kier molecular flexibility index (Phi) is 5.67. The van der Waals surface area contributed by atoms with E-state index in [1.165, 1.54) is 16.4 Å². The van der Waals surface area contributed by atoms with Crippen LogP contribution in [-0.2, 0) is 14.8 Å². The highest BCUT2D eigenvalue weighted by molar-refractivity contribution is 7.92. The number of nitrogens with zero attached hydrogens (tertiary/aromatic N) is 2. The Morgan fingerprint density at radius 1 is 0.939 bits per heavy atom. The van der Waals surface area contributed by atoms with Crippen molar-refractivity contribution in [2.75, 3.05) is 9.21 Å². The van der Waals surface area contributed by atoms with Crippen molar-refractivity contribution < 1.29 is 13.2 Å². The van der Waals surface area contributed by atoms with Crippen molar-refractivity contribution in [2.45, 2.75) is 43.2 Å². The van der Waals surface area contributed by atoms with Crippen LogP contribution >= 0.6 is 11.6 Å². The lowest BCUT2D eigenvalue weighted by Gasteiger charge is -2.43. The van der Waals surface area contributed by atoms with Gasteiger partial charge in [0.2, 0.25) is 5.91 Å². The molecule has 1 heterocycles. The first-order valence-electron chi connectivity index (χ1n) is 11.1. The molecule has 3 aromatic carbocycles. The third-order valence-electron chi connectivity index (χ3n) is 6.39. The fourth-order valence-electron chi connectivity index (χ4n) is 4.65. The highest BCUT2D eigenvalue weighted by Crippen LogP contribution is 2.46. The zero-order chi connectivity index (χ0) is 23.2. The van der Waals surface area contributed by atoms with E-state index in [4.69, 9.17) is 11.6 Å². The molecule has 5 rings (SSSR count). The summed E-state index contributed by atoms with van der Waals surface area (Å²) < 4.78 is 29.5. The van der Waals surface area contributed by atoms with Crippen LogP contribution < -0.4 is 9.21 Å². The highest BCUT2D eigenvalue weighted by Gasteiger charge is 2.44. The molecule has 0 N–H and O–H groups in total. The molecule has 7 heteroatoms. The van der Waals surface area contributed by atoms with Crippen LogP contribution in [0.5, 0.6) is 0 Å². The van der Waals surface area contributed by atoms with E-state index in [0.29, 0.717) is 17.1 Å². The second-order valence-electron chi connectivity index (χ2n) is 8.73. The smallest absolute Gasteiger partial charge is 0.264 e. The van der Waals surface area contributed by atoms with Crippen LogP contribution in [0.25, 0.3) is 0 Å². The Balaban J connectivity index is 1.66. The molecule has 1 aliphatic carbocycles. The van der Waals surface area contributed by atoms with Gasteiger partial charge >= 0.3 is 0 Å². The number of hydrogen-bond acceptors (Lipinski definition) is 3. The van der Waals surface area contributed by atoms with Gasteiger partial charge in [0.15, 0.2) is 0 Å². The molecule has 1 amide bonds. The van der Waals surface area contributed by atoms with Crippen molar-refractivity contribution in [1.82, 2.24) is 0 Å². The average Bonchev–Trinajstić information content (AvgIpc) is 3.65. The van der Waals surface area contributed by atoms with Crippen LogP contribution in [0.2, 0.25) is 5.02 Å². The lowest BCUT2D eigenvalue weighted by Crippen LogP contribution is -2.48. The van der Waals surface area contributed by atoms with Gasteiger partial charge in [-0.1, -0.05) is 48.0 Å². The van der Waals surface area contributed by atoms with Gasteiger partial charge in [-0.3, -0.25) is 9.10 Å². The number of amides is 1. The minimum absolute atomic E-state index is 0.0834. The molecule has 0 spiro atoms. The Morgan fingerprint density at radius 3 is 2.24 bits per heavy atom. The van der Waals surface area contributed by atoms with Crippen LogP contribution in [0.15, 0.2) is 83.8 Å². The van der Waals surface area contributed by atoms with Gasteiger partial charge in [-0.15, -0.1) is 0 Å². The number of rotatable bonds is 5. The number of sulfonamides is 1. The van der Waals surface area contributed by atoms with Gasteiger partial charge in [-0.2, -0.15) is 0 Å². The lowest BCUT2D eigenvalue weighted by molar-refractivity contribution is -0.120. The average molecular weight is 481 g/mol. The number of halogens is 1. The quantitative estimate of drug-likeness (QED) is 0.463. The lowest BCUT2D eigenvalue weighted by atomic mass is 9.91. The second kappa shape index (κ2) is 8.50. The number of para-hydroxylation sites is 2. The zero-order valence-corrected chi connectivity index (χ0v) is 19.8. The number of benzene rings is 3. The normalized spacial score (nSPS) is 20.2. The Hall–Kier alpha value is -2.83. The number of hydrogen-bond donors (Lipinski definition) is 0. The van der Waals surface area contributed by atoms with Gasteiger partial charge in [0, 0.05) is 22.7 Å². The summed E-state index contributed by atoms with van der Waals surface area (Å²) in [6.45, 7) is 2.00. The van der Waals surface area contributed by atoms with Crippen LogP contribution in [-0.4, -0.2) is 20.4 Å². The molecule has 1 fully saturated rings. The second-order valence-corrected chi connectivity index (χ2v) is 11.0. The molecule has 0 bridgehead atoms. The van der Waals surface area contributed by atoms with E-state index in [1.54, 1.807) is 12.1 Å². The van der Waals surface area contributed by atoms with Gasteiger partial charge in [0.25, 0.3) is 10.0 Å². The van der Waals surface area contributed by atoms with Crippen molar-refractivity contribution in [3.8, 4) is 0 Å². The van der Waals surface area contributed by atoms with E-state index >= 15 is 0 Å². The molecular formula is C26H25ClN2O3S. The third kappa shape index (κ3) is 4.02. The Labute approximate surface area is 199 Å². The SMILES string of the molecule is C[C@@H]1C[C@@H](N(c2ccccc2)S(=O)(=O)c2ccc(Cl)cc2)c2ccccc2N1C(=O)C1CC1. The maximum Gasteiger partial charge on any atom is 0.264 e. The first-order valence-corrected chi connectivity index (χ1v) is 13.0. The monoisotopic (exact) mass is 480 g/mol. The number of carbonyl (C=O) groups excluding carboxylic acids is 1. The number of anilines is 2. The standard InChI is InChI=1S/C26H25ClN2O3S/c1-18-17-25(23-9-5-6-10-24(23)28(18)26(30)19-11-12-19)29(21-7-3-2-4-8-21)33(31,32)22-15-13-20(27)14-16-22/h2-10,13-16,18-19,25H,11-12,17H2,1H3/t18-,25-/m1/s1. The van der Waals surface area contributed by atoms with Gasteiger partial charge in [-0.25, -0.2) is 8.42 Å². The van der Waals surface area contributed by atoms with Crippen LogP contribution in [0.4, 0.5) is 11.4 Å². The largest absolute Gasteiger partial charge is 0.309 e. The summed E-state index contributed by atoms with van der Waals surface area (Å²) in [5.41, 5.74) is 2.22. The summed E-state index contributed by atoms with van der Waals surface area (Å²) in [4.78, 5) is 15.2. The summed E-state index contributed by atoms with van der Waals surface area (Å²) in [6.07, 6.45) is 2.35. The Bertz CT molecular complexity index is 1270. The minimum Gasteiger partial charge on any atom is -0.309 e. The van der Waals surface area contributed by atoms with Crippen molar-refractivity contribution in [3.05, 3.63) is 89.4 Å². The summed E-state index contributed by atoms with van der Waals surface area (Å²) in [7, 11) is -3.91. The first kappa shape index (κ1) is 22.0. The summed E-state index contributed by atoms with van der Waals surface area (Å²) in [5.74, 6) is 0.223. The molecule has 33 heavy (non-hydrogen) atoms. The molecule has 5 nitrogen and oxygen atoms in total. The van der Waals surface area contributed by atoms with Gasteiger partial charge in [0.05, 0.1) is 16.6 Å². The molecule has 0 saturated heterocycles.